The van der Waals surface area contributed by atoms with Crippen LogP contribution in [0.15, 0.2) is 24.3 Å². The zero-order chi connectivity index (χ0) is 16.3. The lowest BCUT2D eigenvalue weighted by molar-refractivity contribution is 0.0293. The molecule has 1 aliphatic rings. The molecule has 1 atom stereocenters. The number of amides is 2. The van der Waals surface area contributed by atoms with Gasteiger partial charge in [0, 0.05) is 30.4 Å². The SMILES string of the molecule is CC(C)(C)OC(=O)N1CCC(Nc2cccc(C(N)=O)c2)C1. The first-order valence-corrected chi connectivity index (χ1v) is 7.39. The highest BCUT2D eigenvalue weighted by Crippen LogP contribution is 2.19. The van der Waals surface area contributed by atoms with Gasteiger partial charge in [-0.15, -0.1) is 0 Å². The van der Waals surface area contributed by atoms with Crippen LogP contribution in [0.25, 0.3) is 0 Å². The average Bonchev–Trinajstić information content (AvgIpc) is 2.85. The zero-order valence-electron chi connectivity index (χ0n) is 13.3. The van der Waals surface area contributed by atoms with E-state index in [0.717, 1.165) is 12.1 Å². The number of likely N-dealkylation sites (tertiary alicyclic amines) is 1. The van der Waals surface area contributed by atoms with Gasteiger partial charge in [0.15, 0.2) is 0 Å². The van der Waals surface area contributed by atoms with Crippen molar-refractivity contribution in [2.45, 2.75) is 38.8 Å². The van der Waals surface area contributed by atoms with Crippen LogP contribution in [0, 0.1) is 0 Å². The van der Waals surface area contributed by atoms with Crippen molar-refractivity contribution in [3.05, 3.63) is 29.8 Å². The second-order valence-electron chi connectivity index (χ2n) is 6.50. The molecule has 2 rings (SSSR count). The van der Waals surface area contributed by atoms with Crippen LogP contribution in [0.5, 0.6) is 0 Å². The maximum absolute atomic E-state index is 12.0. The summed E-state index contributed by atoms with van der Waals surface area (Å²) in [6.07, 6.45) is 0.544. The average molecular weight is 305 g/mol. The zero-order valence-corrected chi connectivity index (χ0v) is 13.3. The number of carbonyl (C=O) groups excluding carboxylic acids is 2. The van der Waals surface area contributed by atoms with Crippen LogP contribution in [0.1, 0.15) is 37.6 Å². The number of primary amides is 1. The molecule has 0 spiro atoms. The fraction of sp³-hybridized carbons (Fsp3) is 0.500. The molecule has 0 radical (unpaired) electrons. The Morgan fingerprint density at radius 3 is 2.73 bits per heavy atom. The summed E-state index contributed by atoms with van der Waals surface area (Å²) in [6.45, 7) is 6.79. The summed E-state index contributed by atoms with van der Waals surface area (Å²) in [7, 11) is 0. The van der Waals surface area contributed by atoms with E-state index in [1.807, 2.05) is 26.8 Å². The fourth-order valence-electron chi connectivity index (χ4n) is 2.37. The molecular weight excluding hydrogens is 282 g/mol. The Labute approximate surface area is 130 Å². The second kappa shape index (κ2) is 6.25. The lowest BCUT2D eigenvalue weighted by Gasteiger charge is -2.24. The Morgan fingerprint density at radius 1 is 1.36 bits per heavy atom. The van der Waals surface area contributed by atoms with Crippen molar-refractivity contribution in [2.24, 2.45) is 5.73 Å². The molecular formula is C16H23N3O3. The number of benzene rings is 1. The van der Waals surface area contributed by atoms with E-state index >= 15 is 0 Å². The predicted octanol–water partition coefficient (Wildman–Crippen LogP) is 2.21. The van der Waals surface area contributed by atoms with Gasteiger partial charge in [0.25, 0.3) is 0 Å². The molecule has 3 N–H and O–H groups in total. The van der Waals surface area contributed by atoms with Gasteiger partial charge in [-0.05, 0) is 45.4 Å². The largest absolute Gasteiger partial charge is 0.444 e. The predicted molar refractivity (Wildman–Crippen MR) is 84.8 cm³/mol. The van der Waals surface area contributed by atoms with E-state index in [9.17, 15) is 9.59 Å². The van der Waals surface area contributed by atoms with Crippen LogP contribution in [0.3, 0.4) is 0 Å². The van der Waals surface area contributed by atoms with E-state index in [-0.39, 0.29) is 12.1 Å². The summed E-state index contributed by atoms with van der Waals surface area (Å²) in [4.78, 5) is 24.9. The molecule has 1 saturated heterocycles. The third-order valence-electron chi connectivity index (χ3n) is 3.36. The van der Waals surface area contributed by atoms with Gasteiger partial charge in [-0.3, -0.25) is 4.79 Å². The van der Waals surface area contributed by atoms with E-state index in [0.29, 0.717) is 18.7 Å². The monoisotopic (exact) mass is 305 g/mol. The standard InChI is InChI=1S/C16H23N3O3/c1-16(2,3)22-15(21)19-8-7-13(10-19)18-12-6-4-5-11(9-12)14(17)20/h4-6,9,13,18H,7-8,10H2,1-3H3,(H2,17,20). The highest BCUT2D eigenvalue weighted by atomic mass is 16.6. The Balaban J connectivity index is 1.92. The summed E-state index contributed by atoms with van der Waals surface area (Å²) in [5.74, 6) is -0.453. The Bertz CT molecular complexity index is 566. The topological polar surface area (TPSA) is 84.7 Å². The van der Waals surface area contributed by atoms with E-state index < -0.39 is 11.5 Å². The van der Waals surface area contributed by atoms with Crippen LogP contribution in [0.2, 0.25) is 0 Å². The number of nitrogens with two attached hydrogens (primary N) is 1. The lowest BCUT2D eigenvalue weighted by atomic mass is 10.1. The lowest BCUT2D eigenvalue weighted by Crippen LogP contribution is -2.36. The summed E-state index contributed by atoms with van der Waals surface area (Å²) < 4.78 is 5.37. The molecule has 1 aliphatic heterocycles. The summed E-state index contributed by atoms with van der Waals surface area (Å²) in [5, 5.41) is 3.33. The molecule has 120 valence electrons. The third kappa shape index (κ3) is 4.38. The first-order valence-electron chi connectivity index (χ1n) is 7.39. The quantitative estimate of drug-likeness (QED) is 0.896. The second-order valence-corrected chi connectivity index (χ2v) is 6.50. The summed E-state index contributed by atoms with van der Waals surface area (Å²) >= 11 is 0. The highest BCUT2D eigenvalue weighted by Gasteiger charge is 2.29. The van der Waals surface area contributed by atoms with Crippen LogP contribution in [-0.2, 0) is 4.74 Å². The molecule has 1 aromatic rings. The molecule has 0 aromatic heterocycles. The molecule has 1 fully saturated rings. The number of anilines is 1. The van der Waals surface area contributed by atoms with Crippen molar-refractivity contribution in [3.8, 4) is 0 Å². The molecule has 0 aliphatic carbocycles. The number of nitrogens with zero attached hydrogens (tertiary/aromatic N) is 1. The third-order valence-corrected chi connectivity index (χ3v) is 3.36. The number of hydrogen-bond acceptors (Lipinski definition) is 4. The van der Waals surface area contributed by atoms with Gasteiger partial charge in [0.05, 0.1) is 0 Å². The van der Waals surface area contributed by atoms with E-state index in [2.05, 4.69) is 5.32 Å². The maximum atomic E-state index is 12.0. The molecule has 1 aromatic carbocycles. The number of ether oxygens (including phenoxy) is 1. The normalized spacial score (nSPS) is 18.1. The van der Waals surface area contributed by atoms with Crippen LogP contribution < -0.4 is 11.1 Å². The minimum absolute atomic E-state index is 0.135. The minimum Gasteiger partial charge on any atom is -0.444 e. The molecule has 0 bridgehead atoms. The van der Waals surface area contributed by atoms with E-state index in [1.54, 1.807) is 23.1 Å². The Morgan fingerprint density at radius 2 is 2.09 bits per heavy atom. The van der Waals surface area contributed by atoms with Gasteiger partial charge in [0.1, 0.15) is 5.60 Å². The molecule has 2 amide bonds. The first-order chi connectivity index (χ1) is 10.2. The molecule has 1 heterocycles. The number of rotatable bonds is 3. The van der Waals surface area contributed by atoms with E-state index in [4.69, 9.17) is 10.5 Å². The van der Waals surface area contributed by atoms with Gasteiger partial charge in [-0.2, -0.15) is 0 Å². The van der Waals surface area contributed by atoms with Crippen LogP contribution >= 0.6 is 0 Å². The maximum Gasteiger partial charge on any atom is 0.410 e. The van der Waals surface area contributed by atoms with Gasteiger partial charge < -0.3 is 20.7 Å². The minimum atomic E-state index is -0.488. The van der Waals surface area contributed by atoms with Crippen molar-refractivity contribution < 1.29 is 14.3 Å². The van der Waals surface area contributed by atoms with Gasteiger partial charge in [-0.1, -0.05) is 6.07 Å². The highest BCUT2D eigenvalue weighted by molar-refractivity contribution is 5.93. The first kappa shape index (κ1) is 16.1. The van der Waals surface area contributed by atoms with Crippen LogP contribution in [-0.4, -0.2) is 41.6 Å². The molecule has 0 saturated carbocycles. The summed E-state index contributed by atoms with van der Waals surface area (Å²) in [5.41, 5.74) is 6.08. The van der Waals surface area contributed by atoms with Crippen molar-refractivity contribution in [2.75, 3.05) is 18.4 Å². The van der Waals surface area contributed by atoms with Gasteiger partial charge in [-0.25, -0.2) is 4.79 Å². The van der Waals surface area contributed by atoms with Crippen LogP contribution in [0.4, 0.5) is 10.5 Å². The van der Waals surface area contributed by atoms with Crippen molar-refractivity contribution in [1.29, 1.82) is 0 Å². The number of nitrogens with one attached hydrogen (secondary N) is 1. The van der Waals surface area contributed by atoms with E-state index in [1.165, 1.54) is 0 Å². The molecule has 6 heteroatoms. The molecule has 22 heavy (non-hydrogen) atoms. The number of hydrogen-bond donors (Lipinski definition) is 2. The van der Waals surface area contributed by atoms with Crippen molar-refractivity contribution in [3.63, 3.8) is 0 Å². The molecule has 1 unspecified atom stereocenters. The fourth-order valence-corrected chi connectivity index (χ4v) is 2.37. The van der Waals surface area contributed by atoms with Gasteiger partial charge in [0.2, 0.25) is 5.91 Å². The number of carbonyl (C=O) groups is 2. The van der Waals surface area contributed by atoms with Gasteiger partial charge >= 0.3 is 6.09 Å². The molecule has 6 nitrogen and oxygen atoms in total. The Hall–Kier alpha value is -2.24. The Kier molecular flexibility index (Phi) is 4.59. The summed E-state index contributed by atoms with van der Waals surface area (Å²) in [6, 6.07) is 7.19. The smallest absolute Gasteiger partial charge is 0.410 e. The van der Waals surface area contributed by atoms with Crippen molar-refractivity contribution >= 4 is 17.7 Å². The van der Waals surface area contributed by atoms with Crippen molar-refractivity contribution in [1.82, 2.24) is 4.90 Å².